The zero-order valence-electron chi connectivity index (χ0n) is 27.3. The Kier molecular flexibility index (Phi) is 10.4. The first-order valence-electron chi connectivity index (χ1n) is 15.9. The molecule has 2 aromatic rings. The van der Waals surface area contributed by atoms with Crippen LogP contribution in [0.4, 0.5) is 0 Å². The van der Waals surface area contributed by atoms with Crippen LogP contribution in [0.5, 0.6) is 11.5 Å². The highest BCUT2D eigenvalue weighted by Crippen LogP contribution is 2.47. The van der Waals surface area contributed by atoms with Gasteiger partial charge in [0.05, 0.1) is 32.8 Å². The van der Waals surface area contributed by atoms with E-state index in [9.17, 15) is 14.7 Å². The third-order valence-electron chi connectivity index (χ3n) is 8.85. The normalized spacial score (nSPS) is 22.0. The Hall–Kier alpha value is -3.86. The van der Waals surface area contributed by atoms with Crippen molar-refractivity contribution < 1.29 is 43.1 Å². The van der Waals surface area contributed by atoms with E-state index in [4.69, 9.17) is 28.4 Å². The van der Waals surface area contributed by atoms with E-state index in [1.807, 2.05) is 62.4 Å². The lowest BCUT2D eigenvalue weighted by molar-refractivity contribution is -0.176. The van der Waals surface area contributed by atoms with Gasteiger partial charge >= 0.3 is 11.9 Å². The maximum absolute atomic E-state index is 14.0. The van der Waals surface area contributed by atoms with E-state index in [0.717, 1.165) is 42.6 Å². The quantitative estimate of drug-likeness (QED) is 0.243. The van der Waals surface area contributed by atoms with Gasteiger partial charge in [-0.25, -0.2) is 4.79 Å². The molecule has 5 rings (SSSR count). The molecule has 1 N–H and O–H groups in total. The summed E-state index contributed by atoms with van der Waals surface area (Å²) >= 11 is 0. The van der Waals surface area contributed by atoms with Crippen molar-refractivity contribution in [2.75, 3.05) is 34.1 Å². The summed E-state index contributed by atoms with van der Waals surface area (Å²) in [6.07, 6.45) is 5.52. The van der Waals surface area contributed by atoms with E-state index >= 15 is 0 Å². The Morgan fingerprint density at radius 1 is 1.11 bits per heavy atom. The molecule has 3 aliphatic rings. The summed E-state index contributed by atoms with van der Waals surface area (Å²) in [7, 11) is 2.76. The highest BCUT2D eigenvalue weighted by atomic mass is 16.7. The molecule has 2 heterocycles. The van der Waals surface area contributed by atoms with Gasteiger partial charge < -0.3 is 33.5 Å². The molecule has 0 spiro atoms. The molecule has 10 nitrogen and oxygen atoms in total. The van der Waals surface area contributed by atoms with Gasteiger partial charge in [0, 0.05) is 24.9 Å². The van der Waals surface area contributed by atoms with Crippen molar-refractivity contribution >= 4 is 11.9 Å². The van der Waals surface area contributed by atoms with Crippen molar-refractivity contribution in [2.24, 2.45) is 0 Å². The SMILES string of the molecule is CCCN1CCc2cc3c(cc2[C@@H]2[C@H](OC(=O)[C@@](O)(C/C=C/C(C)(C)OCc4ccccc4)CC(=O)OC)C(OC)=C[C@@H]21)OCO3. The molecule has 1 aliphatic carbocycles. The van der Waals surface area contributed by atoms with Crippen LogP contribution in [0.3, 0.4) is 0 Å². The molecule has 0 bridgehead atoms. The van der Waals surface area contributed by atoms with E-state index in [1.54, 1.807) is 19.3 Å². The lowest BCUT2D eigenvalue weighted by Crippen LogP contribution is -2.46. The molecule has 0 fully saturated rings. The number of fused-ring (bicyclic) bond motifs is 4. The molecule has 2 aliphatic heterocycles. The minimum absolute atomic E-state index is 0.120. The molecular weight excluding hydrogens is 590 g/mol. The van der Waals surface area contributed by atoms with Gasteiger partial charge in [-0.2, -0.15) is 0 Å². The van der Waals surface area contributed by atoms with E-state index in [-0.39, 0.29) is 25.2 Å². The van der Waals surface area contributed by atoms with E-state index in [1.165, 1.54) is 7.11 Å². The number of methoxy groups -OCH3 is 2. The summed E-state index contributed by atoms with van der Waals surface area (Å²) in [5, 5.41) is 11.7. The number of carbonyl (C=O) groups is 2. The molecule has 0 saturated heterocycles. The molecule has 0 aromatic heterocycles. The van der Waals surface area contributed by atoms with Gasteiger partial charge in [0.1, 0.15) is 5.76 Å². The average molecular weight is 636 g/mol. The summed E-state index contributed by atoms with van der Waals surface area (Å²) in [5.74, 6) is -0.182. The lowest BCUT2D eigenvalue weighted by atomic mass is 9.87. The standard InChI is InChI=1S/C36H45NO9/c1-6-16-37-17-13-25-18-28-29(44-23-43-28)19-26(25)32-27(37)20-30(41-4)33(32)46-34(39)36(40,21-31(38)42-5)15-10-14-35(2,3)45-22-24-11-8-7-9-12-24/h7-12,14,18-20,27,32-33,40H,6,13,15-17,21-23H2,1-5H3/b14-10+/t27-,32-,33+,36+/m0/s1. The van der Waals surface area contributed by atoms with E-state index < -0.39 is 35.7 Å². The number of esters is 2. The molecule has 10 heteroatoms. The number of ether oxygens (including phenoxy) is 6. The fourth-order valence-electron chi connectivity index (χ4n) is 6.40. The maximum atomic E-state index is 14.0. The minimum atomic E-state index is -2.19. The van der Waals surface area contributed by atoms with Crippen molar-refractivity contribution in [3.63, 3.8) is 0 Å². The van der Waals surface area contributed by atoms with Gasteiger partial charge in [0.25, 0.3) is 0 Å². The molecule has 0 unspecified atom stereocenters. The summed E-state index contributed by atoms with van der Waals surface area (Å²) in [6.45, 7) is 8.08. The Labute approximate surface area is 270 Å². The molecule has 0 radical (unpaired) electrons. The fourth-order valence-corrected chi connectivity index (χ4v) is 6.40. The molecule has 4 atom stereocenters. The highest BCUT2D eigenvalue weighted by Gasteiger charge is 2.49. The topological polar surface area (TPSA) is 113 Å². The van der Waals surface area contributed by atoms with Crippen LogP contribution < -0.4 is 9.47 Å². The molecule has 248 valence electrons. The minimum Gasteiger partial charge on any atom is -0.497 e. The Morgan fingerprint density at radius 2 is 1.85 bits per heavy atom. The van der Waals surface area contributed by atoms with Gasteiger partial charge in [-0.3, -0.25) is 9.69 Å². The van der Waals surface area contributed by atoms with Gasteiger partial charge in [-0.1, -0.05) is 49.4 Å². The smallest absolute Gasteiger partial charge is 0.339 e. The predicted octanol–water partition coefficient (Wildman–Crippen LogP) is 4.83. The Bertz CT molecular complexity index is 1450. The second kappa shape index (κ2) is 14.3. The van der Waals surface area contributed by atoms with Gasteiger partial charge in [-0.15, -0.1) is 0 Å². The first-order valence-corrected chi connectivity index (χ1v) is 15.9. The zero-order valence-corrected chi connectivity index (χ0v) is 27.3. The number of aliphatic hydroxyl groups is 1. The first-order chi connectivity index (χ1) is 22.1. The van der Waals surface area contributed by atoms with E-state index in [2.05, 4.69) is 11.8 Å². The summed E-state index contributed by atoms with van der Waals surface area (Å²) in [5.41, 5.74) is 0.169. The van der Waals surface area contributed by atoms with Crippen molar-refractivity contribution in [3.05, 3.63) is 83.1 Å². The van der Waals surface area contributed by atoms with Crippen molar-refractivity contribution in [1.82, 2.24) is 4.90 Å². The second-order valence-corrected chi connectivity index (χ2v) is 12.6. The van der Waals surface area contributed by atoms with Crippen LogP contribution in [-0.4, -0.2) is 79.4 Å². The van der Waals surface area contributed by atoms with Gasteiger partial charge in [-0.05, 0) is 68.1 Å². The number of rotatable bonds is 13. The van der Waals surface area contributed by atoms with Crippen LogP contribution in [0.1, 0.15) is 62.6 Å². The number of hydrogen-bond donors (Lipinski definition) is 1. The van der Waals surface area contributed by atoms with Crippen LogP contribution >= 0.6 is 0 Å². The molecule has 0 saturated carbocycles. The fraction of sp³-hybridized carbons (Fsp3) is 0.500. The predicted molar refractivity (Wildman–Crippen MR) is 170 cm³/mol. The Balaban J connectivity index is 1.40. The third-order valence-corrected chi connectivity index (χ3v) is 8.85. The Morgan fingerprint density at radius 3 is 2.54 bits per heavy atom. The number of benzene rings is 2. The van der Waals surface area contributed by atoms with Crippen LogP contribution in [0.15, 0.2) is 66.5 Å². The number of hydrogen-bond acceptors (Lipinski definition) is 10. The number of carbonyl (C=O) groups excluding carboxylic acids is 2. The van der Waals surface area contributed by atoms with Crippen LogP contribution in [0, 0.1) is 0 Å². The lowest BCUT2D eigenvalue weighted by Gasteiger charge is -2.33. The molecular formula is C36H45NO9. The van der Waals surface area contributed by atoms with Crippen LogP contribution in [0.2, 0.25) is 0 Å². The number of nitrogens with zero attached hydrogens (tertiary/aromatic N) is 1. The van der Waals surface area contributed by atoms with Crippen molar-refractivity contribution in [2.45, 2.75) is 82.3 Å². The summed E-state index contributed by atoms with van der Waals surface area (Å²) in [6, 6.07) is 13.6. The third kappa shape index (κ3) is 7.40. The largest absolute Gasteiger partial charge is 0.497 e. The van der Waals surface area contributed by atoms with Gasteiger partial charge in [0.2, 0.25) is 6.79 Å². The average Bonchev–Trinajstić information content (AvgIpc) is 3.62. The summed E-state index contributed by atoms with van der Waals surface area (Å²) in [4.78, 5) is 28.8. The summed E-state index contributed by atoms with van der Waals surface area (Å²) < 4.78 is 34.3. The zero-order chi connectivity index (χ0) is 32.9. The second-order valence-electron chi connectivity index (χ2n) is 12.6. The highest BCUT2D eigenvalue weighted by molar-refractivity contribution is 5.86. The van der Waals surface area contributed by atoms with Crippen molar-refractivity contribution in [3.8, 4) is 11.5 Å². The van der Waals surface area contributed by atoms with Crippen LogP contribution in [0.25, 0.3) is 0 Å². The molecule has 0 amide bonds. The molecule has 46 heavy (non-hydrogen) atoms. The first kappa shape index (κ1) is 33.5. The maximum Gasteiger partial charge on any atom is 0.339 e. The monoisotopic (exact) mass is 635 g/mol. The van der Waals surface area contributed by atoms with Crippen molar-refractivity contribution in [1.29, 1.82) is 0 Å². The van der Waals surface area contributed by atoms with Crippen LogP contribution in [-0.2, 0) is 41.6 Å². The van der Waals surface area contributed by atoms with Gasteiger partial charge in [0.15, 0.2) is 23.2 Å². The molecule has 2 aromatic carbocycles. The van der Waals surface area contributed by atoms with E-state index in [0.29, 0.717) is 23.9 Å².